The molecule has 20 heavy (non-hydrogen) atoms. The van der Waals surface area contributed by atoms with Crippen LogP contribution < -0.4 is 0 Å². The summed E-state index contributed by atoms with van der Waals surface area (Å²) in [6.07, 6.45) is 3.41. The van der Waals surface area contributed by atoms with Gasteiger partial charge in [-0.05, 0) is 45.1 Å². The summed E-state index contributed by atoms with van der Waals surface area (Å²) in [5, 5.41) is 0. The molecule has 0 radical (unpaired) electrons. The van der Waals surface area contributed by atoms with Gasteiger partial charge in [0.2, 0.25) is 10.0 Å². The van der Waals surface area contributed by atoms with E-state index in [0.29, 0.717) is 19.0 Å². The lowest BCUT2D eigenvalue weighted by molar-refractivity contribution is 0.0253. The normalized spacial score (nSPS) is 23.3. The van der Waals surface area contributed by atoms with Crippen LogP contribution in [0.15, 0.2) is 0 Å². The van der Waals surface area contributed by atoms with Crippen molar-refractivity contribution in [1.82, 2.24) is 9.21 Å². The summed E-state index contributed by atoms with van der Waals surface area (Å²) in [7, 11) is -0.886. The monoisotopic (exact) mass is 304 g/mol. The summed E-state index contributed by atoms with van der Waals surface area (Å²) in [4.78, 5) is 2.39. The van der Waals surface area contributed by atoms with Gasteiger partial charge in [0.1, 0.15) is 0 Å². The molecule has 0 amide bonds. The minimum Gasteiger partial charge on any atom is -0.300 e. The summed E-state index contributed by atoms with van der Waals surface area (Å²) in [5.41, 5.74) is 0.271. The Balaban J connectivity index is 2.69. The number of piperidine rings is 1. The van der Waals surface area contributed by atoms with Gasteiger partial charge in [-0.25, -0.2) is 12.7 Å². The van der Waals surface area contributed by atoms with Crippen molar-refractivity contribution in [2.75, 3.05) is 32.9 Å². The Morgan fingerprint density at radius 2 is 1.75 bits per heavy atom. The zero-order chi connectivity index (χ0) is 15.8. The molecule has 0 aliphatic carbocycles. The largest absolute Gasteiger partial charge is 0.300 e. The van der Waals surface area contributed by atoms with Crippen molar-refractivity contribution < 1.29 is 8.42 Å². The van der Waals surface area contributed by atoms with Crippen LogP contribution >= 0.6 is 0 Å². The van der Waals surface area contributed by atoms with E-state index in [9.17, 15) is 8.42 Å². The molecule has 1 fully saturated rings. The zero-order valence-electron chi connectivity index (χ0n) is 14.2. The molecule has 0 unspecified atom stereocenters. The maximum absolute atomic E-state index is 11.7. The van der Waals surface area contributed by atoms with Crippen LogP contribution in [-0.2, 0) is 10.0 Å². The molecule has 5 heteroatoms. The third-order valence-electron chi connectivity index (χ3n) is 5.27. The van der Waals surface area contributed by atoms with Crippen molar-refractivity contribution in [2.45, 2.75) is 53.0 Å². The number of hydrogen-bond acceptors (Lipinski definition) is 3. The Hall–Kier alpha value is -0.130. The van der Waals surface area contributed by atoms with Gasteiger partial charge in [0, 0.05) is 25.2 Å². The third kappa shape index (κ3) is 4.18. The van der Waals surface area contributed by atoms with Gasteiger partial charge in [-0.1, -0.05) is 20.8 Å². The van der Waals surface area contributed by atoms with Crippen LogP contribution in [0, 0.1) is 11.3 Å². The summed E-state index contributed by atoms with van der Waals surface area (Å²) in [6.45, 7) is 13.6. The molecule has 4 nitrogen and oxygen atoms in total. The third-order valence-corrected chi connectivity index (χ3v) is 6.54. The molecule has 1 aliphatic heterocycles. The lowest BCUT2D eigenvalue weighted by Crippen LogP contribution is -2.53. The Kier molecular flexibility index (Phi) is 5.32. The molecule has 120 valence electrons. The molecule has 0 saturated carbocycles. The number of rotatable bonds is 4. The molecule has 0 N–H and O–H groups in total. The van der Waals surface area contributed by atoms with Crippen molar-refractivity contribution in [2.24, 2.45) is 11.3 Å². The van der Waals surface area contributed by atoms with E-state index in [-0.39, 0.29) is 11.0 Å². The molecule has 0 aromatic rings. The molecule has 0 bridgehead atoms. The van der Waals surface area contributed by atoms with E-state index in [1.165, 1.54) is 6.26 Å². The second-order valence-electron chi connectivity index (χ2n) is 7.82. The average molecular weight is 305 g/mol. The maximum atomic E-state index is 11.7. The Morgan fingerprint density at radius 3 is 2.20 bits per heavy atom. The second kappa shape index (κ2) is 5.93. The molecular formula is C15H32N2O2S. The van der Waals surface area contributed by atoms with Gasteiger partial charge in [0.15, 0.2) is 0 Å². The standard InChI is InChI=1S/C15H32N2O2S/c1-14(2,3)15(4,5)16(6)11-13-9-8-10-17(12-13)20(7,18)19/h13H,8-12H2,1-7H3/t13-/m0/s1. The number of sulfonamides is 1. The lowest BCUT2D eigenvalue weighted by Gasteiger charge is -2.48. The van der Waals surface area contributed by atoms with Crippen LogP contribution in [0.5, 0.6) is 0 Å². The van der Waals surface area contributed by atoms with Crippen molar-refractivity contribution in [1.29, 1.82) is 0 Å². The fourth-order valence-electron chi connectivity index (χ4n) is 2.67. The van der Waals surface area contributed by atoms with Crippen LogP contribution in [-0.4, -0.2) is 56.1 Å². The summed E-state index contributed by atoms with van der Waals surface area (Å²) in [6, 6.07) is 0. The summed E-state index contributed by atoms with van der Waals surface area (Å²) >= 11 is 0. The number of hydrogen-bond donors (Lipinski definition) is 0. The maximum Gasteiger partial charge on any atom is 0.211 e. The smallest absolute Gasteiger partial charge is 0.211 e. The SMILES string of the molecule is CN(C[C@@H]1CCCN(S(C)(=O)=O)C1)C(C)(C)C(C)(C)C. The molecule has 1 saturated heterocycles. The van der Waals surface area contributed by atoms with Crippen LogP contribution in [0.3, 0.4) is 0 Å². The highest BCUT2D eigenvalue weighted by Crippen LogP contribution is 2.35. The topological polar surface area (TPSA) is 40.6 Å². The molecule has 1 atom stereocenters. The van der Waals surface area contributed by atoms with Gasteiger partial charge in [-0.3, -0.25) is 0 Å². The van der Waals surface area contributed by atoms with E-state index in [1.807, 2.05) is 0 Å². The predicted octanol–water partition coefficient (Wildman–Crippen LogP) is 2.41. The van der Waals surface area contributed by atoms with Gasteiger partial charge < -0.3 is 4.90 Å². The van der Waals surface area contributed by atoms with Crippen LogP contribution in [0.2, 0.25) is 0 Å². The van der Waals surface area contributed by atoms with E-state index in [2.05, 4.69) is 46.6 Å². The highest BCUT2D eigenvalue weighted by Gasteiger charge is 2.38. The van der Waals surface area contributed by atoms with E-state index in [1.54, 1.807) is 4.31 Å². The predicted molar refractivity (Wildman–Crippen MR) is 85.3 cm³/mol. The summed E-state index contributed by atoms with van der Waals surface area (Å²) in [5.74, 6) is 0.435. The average Bonchev–Trinajstić information content (AvgIpc) is 2.26. The van der Waals surface area contributed by atoms with E-state index < -0.39 is 10.0 Å². The molecule has 1 heterocycles. The Labute approximate surface area is 125 Å². The fourth-order valence-corrected chi connectivity index (χ4v) is 3.61. The quantitative estimate of drug-likeness (QED) is 0.801. The van der Waals surface area contributed by atoms with Crippen LogP contribution in [0.4, 0.5) is 0 Å². The van der Waals surface area contributed by atoms with Gasteiger partial charge in [0.05, 0.1) is 6.26 Å². The van der Waals surface area contributed by atoms with Crippen molar-refractivity contribution in [3.63, 3.8) is 0 Å². The van der Waals surface area contributed by atoms with Crippen molar-refractivity contribution in [3.8, 4) is 0 Å². The second-order valence-corrected chi connectivity index (χ2v) is 9.80. The van der Waals surface area contributed by atoms with Crippen LogP contribution in [0.25, 0.3) is 0 Å². The first-order valence-electron chi connectivity index (χ1n) is 7.52. The van der Waals surface area contributed by atoms with Crippen LogP contribution in [0.1, 0.15) is 47.5 Å². The molecule has 1 rings (SSSR count). The highest BCUT2D eigenvalue weighted by molar-refractivity contribution is 7.88. The number of nitrogens with zero attached hydrogens (tertiary/aromatic N) is 2. The fraction of sp³-hybridized carbons (Fsp3) is 1.00. The first-order valence-corrected chi connectivity index (χ1v) is 9.37. The van der Waals surface area contributed by atoms with E-state index >= 15 is 0 Å². The van der Waals surface area contributed by atoms with Gasteiger partial charge in [-0.2, -0.15) is 0 Å². The molecular weight excluding hydrogens is 272 g/mol. The molecule has 1 aliphatic rings. The highest BCUT2D eigenvalue weighted by atomic mass is 32.2. The molecule has 0 spiro atoms. The van der Waals surface area contributed by atoms with E-state index in [0.717, 1.165) is 19.4 Å². The van der Waals surface area contributed by atoms with Gasteiger partial charge in [-0.15, -0.1) is 0 Å². The molecule has 0 aromatic heterocycles. The van der Waals surface area contributed by atoms with Gasteiger partial charge in [0.25, 0.3) is 0 Å². The minimum absolute atomic E-state index is 0.0837. The minimum atomic E-state index is -3.04. The molecule has 0 aromatic carbocycles. The first kappa shape index (κ1) is 17.9. The first-order chi connectivity index (χ1) is 8.85. The van der Waals surface area contributed by atoms with Crippen molar-refractivity contribution >= 4 is 10.0 Å². The lowest BCUT2D eigenvalue weighted by atomic mass is 9.75. The zero-order valence-corrected chi connectivity index (χ0v) is 15.0. The van der Waals surface area contributed by atoms with E-state index in [4.69, 9.17) is 0 Å². The van der Waals surface area contributed by atoms with Crippen molar-refractivity contribution in [3.05, 3.63) is 0 Å². The Bertz CT molecular complexity index is 424. The van der Waals surface area contributed by atoms with Gasteiger partial charge >= 0.3 is 0 Å². The Morgan fingerprint density at radius 1 is 1.20 bits per heavy atom. The summed E-state index contributed by atoms with van der Waals surface area (Å²) < 4.78 is 25.0.